The summed E-state index contributed by atoms with van der Waals surface area (Å²) in [5.41, 5.74) is 0. The van der Waals surface area contributed by atoms with E-state index in [1.165, 1.54) is 0 Å². The van der Waals surface area contributed by atoms with Gasteiger partial charge in [-0.05, 0) is 6.92 Å². The van der Waals surface area contributed by atoms with Crippen molar-refractivity contribution < 1.29 is 29.2 Å². The van der Waals surface area contributed by atoms with Crippen molar-refractivity contribution in [3.8, 4) is 0 Å². The minimum atomic E-state index is -0.841. The van der Waals surface area contributed by atoms with Crippen LogP contribution < -0.4 is 0 Å². The maximum Gasteiger partial charge on any atom is 0.366 e. The number of ether oxygens (including phenoxy) is 1. The smallest absolute Gasteiger partial charge is 0.366 e. The Labute approximate surface area is 81.0 Å². The van der Waals surface area contributed by atoms with Crippen LogP contribution in [-0.2, 0) is 24.1 Å². The third-order valence-electron chi connectivity index (χ3n) is 0.958. The molecule has 14 heavy (non-hydrogen) atoms. The first-order valence-corrected chi connectivity index (χ1v) is 3.99. The molecule has 6 heteroatoms. The molecule has 0 atom stereocenters. The third-order valence-corrected chi connectivity index (χ3v) is 0.958. The molecule has 1 N–H and O–H groups in total. The largest absolute Gasteiger partial charge is 0.463 e. The molecular formula is C8H12O6. The standard InChI is InChI=1S/C8H12O6/c1-2-12-7(10)3-4-8(11)14-13-6-5-9/h3-4,9H,2,5-6H2,1H3/b4-3-. The molecular weight excluding hydrogens is 192 g/mol. The Morgan fingerprint density at radius 3 is 2.50 bits per heavy atom. The SMILES string of the molecule is CCOC(=O)/C=C\C(=O)OOCCO. The minimum Gasteiger partial charge on any atom is -0.463 e. The lowest BCUT2D eigenvalue weighted by Gasteiger charge is -1.97. The summed E-state index contributed by atoms with van der Waals surface area (Å²) in [7, 11) is 0. The average Bonchev–Trinajstić information content (AvgIpc) is 2.16. The molecule has 0 aromatic rings. The molecule has 0 aromatic carbocycles. The van der Waals surface area contributed by atoms with Crippen molar-refractivity contribution in [2.24, 2.45) is 0 Å². The number of aliphatic hydroxyl groups excluding tert-OH is 1. The molecule has 0 spiro atoms. The van der Waals surface area contributed by atoms with Gasteiger partial charge in [-0.3, -0.25) is 4.89 Å². The van der Waals surface area contributed by atoms with Gasteiger partial charge in [-0.1, -0.05) is 0 Å². The molecule has 0 aliphatic heterocycles. The summed E-state index contributed by atoms with van der Waals surface area (Å²) in [5.74, 6) is -1.47. The molecule has 0 unspecified atom stereocenters. The average molecular weight is 204 g/mol. The van der Waals surface area contributed by atoms with Gasteiger partial charge in [-0.25, -0.2) is 9.59 Å². The van der Waals surface area contributed by atoms with Gasteiger partial charge in [-0.15, -0.1) is 0 Å². The zero-order valence-electron chi connectivity index (χ0n) is 7.76. The monoisotopic (exact) mass is 204 g/mol. The summed E-state index contributed by atoms with van der Waals surface area (Å²) in [6.45, 7) is 1.52. The van der Waals surface area contributed by atoms with E-state index in [-0.39, 0.29) is 19.8 Å². The van der Waals surface area contributed by atoms with Crippen LogP contribution in [0.2, 0.25) is 0 Å². The summed E-state index contributed by atoms with van der Waals surface area (Å²) in [5, 5.41) is 8.26. The second-order valence-electron chi connectivity index (χ2n) is 2.03. The lowest BCUT2D eigenvalue weighted by atomic mass is 10.5. The van der Waals surface area contributed by atoms with Crippen LogP contribution >= 0.6 is 0 Å². The molecule has 6 nitrogen and oxygen atoms in total. The Balaban J connectivity index is 3.64. The van der Waals surface area contributed by atoms with E-state index < -0.39 is 11.9 Å². The van der Waals surface area contributed by atoms with Crippen molar-refractivity contribution in [2.45, 2.75) is 6.92 Å². The first kappa shape index (κ1) is 12.6. The van der Waals surface area contributed by atoms with Gasteiger partial charge in [-0.2, -0.15) is 4.89 Å². The van der Waals surface area contributed by atoms with E-state index in [4.69, 9.17) is 5.11 Å². The van der Waals surface area contributed by atoms with Crippen LogP contribution in [0.4, 0.5) is 0 Å². The summed E-state index contributed by atoms with van der Waals surface area (Å²) in [6, 6.07) is 0. The Kier molecular flexibility index (Phi) is 7.39. The highest BCUT2D eigenvalue weighted by Crippen LogP contribution is 1.86. The Hall–Kier alpha value is -1.40. The van der Waals surface area contributed by atoms with Gasteiger partial charge >= 0.3 is 11.9 Å². The predicted molar refractivity (Wildman–Crippen MR) is 44.9 cm³/mol. The second-order valence-corrected chi connectivity index (χ2v) is 2.03. The highest BCUT2D eigenvalue weighted by molar-refractivity contribution is 5.91. The summed E-state index contributed by atoms with van der Waals surface area (Å²) in [6.07, 6.45) is 1.80. The number of esters is 1. The molecule has 0 fully saturated rings. The second kappa shape index (κ2) is 8.21. The van der Waals surface area contributed by atoms with Gasteiger partial charge < -0.3 is 9.84 Å². The Bertz CT molecular complexity index is 210. The van der Waals surface area contributed by atoms with E-state index >= 15 is 0 Å². The lowest BCUT2D eigenvalue weighted by molar-refractivity contribution is -0.270. The number of carbonyl (C=O) groups is 2. The van der Waals surface area contributed by atoms with E-state index in [9.17, 15) is 9.59 Å². The highest BCUT2D eigenvalue weighted by Gasteiger charge is 2.00. The molecule has 0 aliphatic rings. The fourth-order valence-electron chi connectivity index (χ4n) is 0.491. The zero-order chi connectivity index (χ0) is 10.8. The lowest BCUT2D eigenvalue weighted by Crippen LogP contribution is -2.07. The van der Waals surface area contributed by atoms with Crippen LogP contribution in [-0.4, -0.2) is 36.9 Å². The van der Waals surface area contributed by atoms with Crippen LogP contribution in [0, 0.1) is 0 Å². The number of hydrogen-bond acceptors (Lipinski definition) is 6. The minimum absolute atomic E-state index is 0.112. The fourth-order valence-corrected chi connectivity index (χ4v) is 0.491. The van der Waals surface area contributed by atoms with Gasteiger partial charge in [0.1, 0.15) is 6.61 Å². The van der Waals surface area contributed by atoms with Crippen molar-refractivity contribution >= 4 is 11.9 Å². The van der Waals surface area contributed by atoms with Crippen LogP contribution in [0.1, 0.15) is 6.92 Å². The number of aliphatic hydroxyl groups is 1. The van der Waals surface area contributed by atoms with Crippen LogP contribution in [0.15, 0.2) is 12.2 Å². The first-order chi connectivity index (χ1) is 6.70. The Morgan fingerprint density at radius 1 is 1.29 bits per heavy atom. The number of carbonyl (C=O) groups excluding carboxylic acids is 2. The molecule has 0 radical (unpaired) electrons. The zero-order valence-corrected chi connectivity index (χ0v) is 7.76. The summed E-state index contributed by atoms with van der Waals surface area (Å²) < 4.78 is 4.50. The van der Waals surface area contributed by atoms with E-state index in [1.54, 1.807) is 6.92 Å². The van der Waals surface area contributed by atoms with Gasteiger partial charge in [0, 0.05) is 12.2 Å². The molecule has 80 valence electrons. The molecule has 0 heterocycles. The van der Waals surface area contributed by atoms with E-state index in [2.05, 4.69) is 14.5 Å². The molecule has 0 aliphatic carbocycles. The molecule has 0 aromatic heterocycles. The fraction of sp³-hybridized carbons (Fsp3) is 0.500. The first-order valence-electron chi connectivity index (χ1n) is 3.99. The topological polar surface area (TPSA) is 82.1 Å². The molecule has 0 saturated carbocycles. The van der Waals surface area contributed by atoms with E-state index in [0.29, 0.717) is 0 Å². The molecule has 0 saturated heterocycles. The van der Waals surface area contributed by atoms with Crippen molar-refractivity contribution in [2.75, 3.05) is 19.8 Å². The van der Waals surface area contributed by atoms with Crippen LogP contribution in [0.3, 0.4) is 0 Å². The summed E-state index contributed by atoms with van der Waals surface area (Å²) in [4.78, 5) is 29.7. The molecule has 0 bridgehead atoms. The van der Waals surface area contributed by atoms with Gasteiger partial charge in [0.05, 0.1) is 13.2 Å². The molecule has 0 amide bonds. The highest BCUT2D eigenvalue weighted by atomic mass is 17.2. The van der Waals surface area contributed by atoms with Crippen molar-refractivity contribution in [3.05, 3.63) is 12.2 Å². The van der Waals surface area contributed by atoms with Gasteiger partial charge in [0.25, 0.3) is 0 Å². The van der Waals surface area contributed by atoms with Gasteiger partial charge in [0.15, 0.2) is 0 Å². The van der Waals surface area contributed by atoms with Crippen LogP contribution in [0.5, 0.6) is 0 Å². The normalized spacial score (nSPS) is 10.1. The number of rotatable bonds is 6. The van der Waals surface area contributed by atoms with E-state index in [1.807, 2.05) is 0 Å². The van der Waals surface area contributed by atoms with Gasteiger partial charge in [0.2, 0.25) is 0 Å². The van der Waals surface area contributed by atoms with Crippen LogP contribution in [0.25, 0.3) is 0 Å². The molecule has 0 rings (SSSR count). The number of hydrogen-bond donors (Lipinski definition) is 1. The van der Waals surface area contributed by atoms with E-state index in [0.717, 1.165) is 12.2 Å². The maximum absolute atomic E-state index is 10.7. The van der Waals surface area contributed by atoms with Crippen molar-refractivity contribution in [3.63, 3.8) is 0 Å². The van der Waals surface area contributed by atoms with Crippen molar-refractivity contribution in [1.29, 1.82) is 0 Å². The Morgan fingerprint density at radius 2 is 1.93 bits per heavy atom. The predicted octanol–water partition coefficient (Wildman–Crippen LogP) is -0.427. The quantitative estimate of drug-likeness (QED) is 0.208. The maximum atomic E-state index is 10.7. The van der Waals surface area contributed by atoms with Crippen molar-refractivity contribution in [1.82, 2.24) is 0 Å². The third kappa shape index (κ3) is 7.26. The summed E-state index contributed by atoms with van der Waals surface area (Å²) >= 11 is 0.